The number of hydrogen-bond donors (Lipinski definition) is 2. The Balaban J connectivity index is 1.63. The van der Waals surface area contributed by atoms with Crippen molar-refractivity contribution in [1.29, 1.82) is 0 Å². The Labute approximate surface area is 158 Å². The molecule has 0 fully saturated rings. The summed E-state index contributed by atoms with van der Waals surface area (Å²) in [6.07, 6.45) is 8.08. The van der Waals surface area contributed by atoms with E-state index in [1.807, 2.05) is 10.9 Å². The minimum atomic E-state index is -0.00556. The van der Waals surface area contributed by atoms with Gasteiger partial charge in [-0.3, -0.25) is 9.48 Å². The summed E-state index contributed by atoms with van der Waals surface area (Å²) < 4.78 is 2.26. The van der Waals surface area contributed by atoms with Gasteiger partial charge in [0, 0.05) is 31.8 Å². The van der Waals surface area contributed by atoms with Crippen molar-refractivity contribution in [3.63, 3.8) is 0 Å². The summed E-state index contributed by atoms with van der Waals surface area (Å²) in [6.45, 7) is 5.60. The molecule has 0 saturated heterocycles. The molecule has 2 aromatic rings. The number of nitrogens with zero attached hydrogens (tertiary/aromatic N) is 4. The van der Waals surface area contributed by atoms with Crippen molar-refractivity contribution in [3.05, 3.63) is 34.6 Å². The second kappa shape index (κ2) is 10.5. The minimum Gasteiger partial charge on any atom is -0.350 e. The van der Waals surface area contributed by atoms with Crippen molar-refractivity contribution in [1.82, 2.24) is 30.3 Å². The monoisotopic (exact) mass is 372 g/mol. The van der Waals surface area contributed by atoms with Crippen molar-refractivity contribution < 1.29 is 4.79 Å². The second-order valence-electron chi connectivity index (χ2n) is 6.39. The highest BCUT2D eigenvalue weighted by Crippen LogP contribution is 2.02. The Morgan fingerprint density at radius 1 is 1.46 bits per heavy atom. The molecule has 0 atom stereocenters. The number of rotatable bonds is 8. The Hall–Kier alpha value is -2.53. The molecule has 0 saturated carbocycles. The number of aromatic amines is 1. The lowest BCUT2D eigenvalue weighted by Crippen LogP contribution is -2.22. The lowest BCUT2D eigenvalue weighted by atomic mass is 10.1. The zero-order valence-electron chi connectivity index (χ0n) is 15.2. The van der Waals surface area contributed by atoms with Crippen LogP contribution in [0.1, 0.15) is 50.8 Å². The molecule has 0 spiro atoms. The van der Waals surface area contributed by atoms with Crippen LogP contribution in [0.2, 0.25) is 0 Å². The van der Waals surface area contributed by atoms with E-state index in [-0.39, 0.29) is 5.91 Å². The largest absolute Gasteiger partial charge is 0.350 e. The summed E-state index contributed by atoms with van der Waals surface area (Å²) in [7, 11) is 0. The van der Waals surface area contributed by atoms with Crippen LogP contribution >= 0.6 is 12.2 Å². The maximum absolute atomic E-state index is 11.9. The third-order valence-electron chi connectivity index (χ3n) is 3.60. The van der Waals surface area contributed by atoms with Crippen molar-refractivity contribution in [2.45, 2.75) is 52.6 Å². The number of hydrogen-bond acceptors (Lipinski definition) is 5. The van der Waals surface area contributed by atoms with Gasteiger partial charge in [0.25, 0.3) is 0 Å². The third kappa shape index (κ3) is 7.57. The van der Waals surface area contributed by atoms with Crippen LogP contribution in [0, 0.1) is 22.5 Å². The van der Waals surface area contributed by atoms with E-state index in [4.69, 9.17) is 12.2 Å². The van der Waals surface area contributed by atoms with Gasteiger partial charge in [0.1, 0.15) is 5.69 Å². The normalized spacial score (nSPS) is 10.4. The molecule has 2 heterocycles. The van der Waals surface area contributed by atoms with Gasteiger partial charge in [0.15, 0.2) is 4.77 Å². The molecule has 0 unspecified atom stereocenters. The van der Waals surface area contributed by atoms with Gasteiger partial charge in [-0.1, -0.05) is 30.9 Å². The van der Waals surface area contributed by atoms with Crippen molar-refractivity contribution in [2.24, 2.45) is 5.92 Å². The molecule has 2 N–H and O–H groups in total. The molecule has 138 valence electrons. The summed E-state index contributed by atoms with van der Waals surface area (Å²) in [6, 6.07) is 0. The van der Waals surface area contributed by atoms with Crippen molar-refractivity contribution in [2.75, 3.05) is 0 Å². The fourth-order valence-corrected chi connectivity index (χ4v) is 2.22. The molecule has 1 amide bonds. The van der Waals surface area contributed by atoms with Crippen LogP contribution in [-0.2, 0) is 17.9 Å². The van der Waals surface area contributed by atoms with Crippen molar-refractivity contribution in [3.8, 4) is 11.8 Å². The number of H-pyrrole nitrogens is 1. The van der Waals surface area contributed by atoms with Crippen LogP contribution < -0.4 is 5.32 Å². The summed E-state index contributed by atoms with van der Waals surface area (Å²) in [4.78, 5) is 18.7. The number of carbonyl (C=O) groups is 1. The Morgan fingerprint density at radius 2 is 2.31 bits per heavy atom. The molecule has 2 rings (SSSR count). The quantitative estimate of drug-likeness (QED) is 0.422. The fraction of sp³-hybridized carbons (Fsp3) is 0.500. The molecule has 0 aromatic carbocycles. The number of aromatic nitrogens is 5. The summed E-state index contributed by atoms with van der Waals surface area (Å²) in [5, 5.41) is 11.0. The van der Waals surface area contributed by atoms with Gasteiger partial charge in [-0.2, -0.15) is 0 Å². The zero-order valence-corrected chi connectivity index (χ0v) is 16.0. The molecule has 2 aromatic heterocycles. The van der Waals surface area contributed by atoms with E-state index in [0.29, 0.717) is 36.5 Å². The highest BCUT2D eigenvalue weighted by atomic mass is 32.1. The van der Waals surface area contributed by atoms with Gasteiger partial charge >= 0.3 is 0 Å². The molecular weight excluding hydrogens is 348 g/mol. The van der Waals surface area contributed by atoms with Crippen LogP contribution in [0.25, 0.3) is 0 Å². The van der Waals surface area contributed by atoms with Gasteiger partial charge in [0.05, 0.1) is 18.3 Å². The maximum Gasteiger partial charge on any atom is 0.220 e. The van der Waals surface area contributed by atoms with Crippen molar-refractivity contribution >= 4 is 18.1 Å². The second-order valence-corrected chi connectivity index (χ2v) is 6.78. The van der Waals surface area contributed by atoms with Crippen LogP contribution in [0.5, 0.6) is 0 Å². The highest BCUT2D eigenvalue weighted by Gasteiger charge is 2.05. The zero-order chi connectivity index (χ0) is 18.8. The smallest absolute Gasteiger partial charge is 0.220 e. The molecule has 0 radical (unpaired) electrons. The SMILES string of the molecule is CC(C)CCn1cc(CNC(=O)CCCC#Cc2cnc(=S)[nH]c2)nn1. The van der Waals surface area contributed by atoms with Crippen LogP contribution in [0.15, 0.2) is 18.6 Å². The molecule has 8 heteroatoms. The minimum absolute atomic E-state index is 0.00556. The van der Waals surface area contributed by atoms with E-state index >= 15 is 0 Å². The average molecular weight is 372 g/mol. The molecule has 0 aliphatic carbocycles. The topological polar surface area (TPSA) is 88.5 Å². The first-order chi connectivity index (χ1) is 12.5. The van der Waals surface area contributed by atoms with E-state index in [9.17, 15) is 4.79 Å². The Morgan fingerprint density at radius 3 is 3.04 bits per heavy atom. The van der Waals surface area contributed by atoms with E-state index in [2.05, 4.69) is 51.3 Å². The molecule has 0 bridgehead atoms. The molecule has 0 aliphatic heterocycles. The van der Waals surface area contributed by atoms with E-state index in [1.165, 1.54) is 0 Å². The fourth-order valence-electron chi connectivity index (χ4n) is 2.11. The lowest BCUT2D eigenvalue weighted by molar-refractivity contribution is -0.121. The Kier molecular flexibility index (Phi) is 7.96. The number of carbonyl (C=O) groups excluding carboxylic acids is 1. The summed E-state index contributed by atoms with van der Waals surface area (Å²) in [5.74, 6) is 6.63. The maximum atomic E-state index is 11.9. The standard InChI is InChI=1S/C18H24N6OS/c1-14(2)8-9-24-13-16(22-23-24)12-19-17(25)7-5-3-4-6-15-10-20-18(26)21-11-15/h10-11,13-14H,3,5,7-9,12H2,1-2H3,(H,19,25)(H,20,21,26). The lowest BCUT2D eigenvalue weighted by Gasteiger charge is -2.03. The van der Waals surface area contributed by atoms with Gasteiger partial charge < -0.3 is 10.3 Å². The van der Waals surface area contributed by atoms with Crippen LogP contribution in [-0.4, -0.2) is 30.9 Å². The number of unbranched alkanes of at least 4 members (excludes halogenated alkanes) is 1. The number of nitrogens with one attached hydrogen (secondary N) is 2. The van der Waals surface area contributed by atoms with Crippen LogP contribution in [0.4, 0.5) is 0 Å². The average Bonchev–Trinajstić information content (AvgIpc) is 3.07. The van der Waals surface area contributed by atoms with E-state index in [0.717, 1.165) is 24.2 Å². The Bertz CT molecular complexity index is 809. The molecule has 7 nitrogen and oxygen atoms in total. The van der Waals surface area contributed by atoms with Gasteiger partial charge in [0.2, 0.25) is 5.91 Å². The molecule has 0 aliphatic rings. The summed E-state index contributed by atoms with van der Waals surface area (Å²) >= 11 is 4.87. The predicted molar refractivity (Wildman–Crippen MR) is 101 cm³/mol. The van der Waals surface area contributed by atoms with Gasteiger partial charge in [-0.25, -0.2) is 4.98 Å². The summed E-state index contributed by atoms with van der Waals surface area (Å²) in [5.41, 5.74) is 1.56. The third-order valence-corrected chi connectivity index (χ3v) is 3.82. The first-order valence-electron chi connectivity index (χ1n) is 8.72. The van der Waals surface area contributed by atoms with Gasteiger partial charge in [-0.05, 0) is 31.0 Å². The predicted octanol–water partition coefficient (Wildman–Crippen LogP) is 2.61. The van der Waals surface area contributed by atoms with E-state index in [1.54, 1.807) is 12.4 Å². The molecule has 26 heavy (non-hydrogen) atoms. The first-order valence-corrected chi connectivity index (χ1v) is 9.13. The van der Waals surface area contributed by atoms with Gasteiger partial charge in [-0.15, -0.1) is 5.10 Å². The first kappa shape index (κ1) is 19.8. The number of amides is 1. The molecular formula is C18H24N6OS. The highest BCUT2D eigenvalue weighted by molar-refractivity contribution is 7.71. The van der Waals surface area contributed by atoms with E-state index < -0.39 is 0 Å². The number of aryl methyl sites for hydroxylation is 1. The van der Waals surface area contributed by atoms with Crippen LogP contribution in [0.3, 0.4) is 0 Å².